The van der Waals surface area contributed by atoms with E-state index in [4.69, 9.17) is 9.97 Å². The molecule has 2 N–H and O–H groups in total. The van der Waals surface area contributed by atoms with Gasteiger partial charge in [-0.2, -0.15) is 0 Å². The lowest BCUT2D eigenvalue weighted by Crippen LogP contribution is -2.51. The van der Waals surface area contributed by atoms with Gasteiger partial charge in [0.25, 0.3) is 10.0 Å². The Bertz CT molecular complexity index is 2040. The molecule has 3 aliphatic rings. The Hall–Kier alpha value is -4.71. The maximum absolute atomic E-state index is 14.6. The summed E-state index contributed by atoms with van der Waals surface area (Å²) in [5, 5.41) is 13.7. The summed E-state index contributed by atoms with van der Waals surface area (Å²) in [6, 6.07) is 14.5. The predicted molar refractivity (Wildman–Crippen MR) is 164 cm³/mol. The standard InChI is InChI=1S/C33H29F2N5O4S/c1-18-2-12-24(13-3-18)45(43,44)40-17-26(25-14-23(35)16-36-32(25)40)31-37-27(19-8-10-22(34)11-9-19)15-28(39-31)38-30-21-6-4-20(5-7-21)29(30)33(41)42/h2-3,8-17,20-21,29-30H,4-7H2,1H3,(H,41,42)(H,37,38,39). The first kappa shape index (κ1) is 29.0. The summed E-state index contributed by atoms with van der Waals surface area (Å²) >= 11 is 0. The van der Waals surface area contributed by atoms with Crippen molar-refractivity contribution in [3.05, 3.63) is 90.3 Å². The number of carbonyl (C=O) groups is 1. The van der Waals surface area contributed by atoms with Crippen LogP contribution in [0, 0.1) is 36.3 Å². The number of halogens is 2. The molecule has 3 fully saturated rings. The van der Waals surface area contributed by atoms with Crippen molar-refractivity contribution in [1.29, 1.82) is 0 Å². The summed E-state index contributed by atoms with van der Waals surface area (Å²) in [6.45, 7) is 1.85. The van der Waals surface area contributed by atoms with Crippen LogP contribution in [0.5, 0.6) is 0 Å². The lowest BCUT2D eigenvalue weighted by Gasteiger charge is -2.47. The number of anilines is 1. The SMILES string of the molecule is Cc1ccc(S(=O)(=O)n2cc(-c3nc(NC4C5CCC(CC5)C4C(=O)O)cc(-c4ccc(F)cc4)n3)c3cc(F)cnc32)cc1. The molecule has 2 unspecified atom stereocenters. The average molecular weight is 630 g/mol. The molecule has 3 aliphatic carbocycles. The van der Waals surface area contributed by atoms with Crippen LogP contribution in [0.4, 0.5) is 14.6 Å². The van der Waals surface area contributed by atoms with Crippen molar-refractivity contribution in [1.82, 2.24) is 18.9 Å². The first-order valence-corrected chi connectivity index (χ1v) is 16.2. The van der Waals surface area contributed by atoms with Gasteiger partial charge in [-0.05, 0) is 86.9 Å². The number of fused-ring (bicyclic) bond motifs is 4. The Kier molecular flexibility index (Phi) is 7.11. The van der Waals surface area contributed by atoms with Crippen LogP contribution in [0.25, 0.3) is 33.7 Å². The summed E-state index contributed by atoms with van der Waals surface area (Å²) in [7, 11) is -4.15. The van der Waals surface area contributed by atoms with Crippen LogP contribution in [0.2, 0.25) is 0 Å². The van der Waals surface area contributed by atoms with Crippen LogP contribution in [-0.2, 0) is 14.8 Å². The first-order valence-electron chi connectivity index (χ1n) is 14.7. The van der Waals surface area contributed by atoms with Crippen molar-refractivity contribution in [2.24, 2.45) is 17.8 Å². The van der Waals surface area contributed by atoms with E-state index in [-0.39, 0.29) is 45.2 Å². The van der Waals surface area contributed by atoms with E-state index in [9.17, 15) is 27.1 Å². The van der Waals surface area contributed by atoms with E-state index in [2.05, 4.69) is 10.3 Å². The smallest absolute Gasteiger partial charge is 0.308 e. The van der Waals surface area contributed by atoms with Gasteiger partial charge in [-0.3, -0.25) is 4.79 Å². The number of pyridine rings is 1. The molecular weight excluding hydrogens is 600 g/mol. The van der Waals surface area contributed by atoms with Gasteiger partial charge in [-0.25, -0.2) is 36.1 Å². The van der Waals surface area contributed by atoms with Gasteiger partial charge in [0.15, 0.2) is 11.5 Å². The number of nitrogens with zero attached hydrogens (tertiary/aromatic N) is 4. The molecule has 0 saturated heterocycles. The van der Waals surface area contributed by atoms with Gasteiger partial charge < -0.3 is 10.4 Å². The van der Waals surface area contributed by atoms with Crippen molar-refractivity contribution in [2.45, 2.75) is 43.5 Å². The molecule has 0 aliphatic heterocycles. The number of rotatable bonds is 7. The number of aliphatic carboxylic acids is 1. The number of hydrogen-bond acceptors (Lipinski definition) is 7. The Labute approximate surface area is 258 Å². The number of hydrogen-bond donors (Lipinski definition) is 2. The third-order valence-corrected chi connectivity index (χ3v) is 10.7. The van der Waals surface area contributed by atoms with E-state index in [1.165, 1.54) is 36.5 Å². The fourth-order valence-electron chi connectivity index (χ4n) is 6.83. The van der Waals surface area contributed by atoms with Crippen LogP contribution in [0.15, 0.2) is 78.0 Å². The number of aromatic nitrogens is 4. The molecule has 0 spiro atoms. The minimum Gasteiger partial charge on any atom is -0.481 e. The number of nitrogens with one attached hydrogen (secondary N) is 1. The molecule has 5 aromatic rings. The zero-order chi connectivity index (χ0) is 31.5. The number of aryl methyl sites for hydroxylation is 1. The largest absolute Gasteiger partial charge is 0.481 e. The molecule has 3 heterocycles. The molecule has 45 heavy (non-hydrogen) atoms. The number of carboxylic acids is 1. The fraction of sp³-hybridized carbons (Fsp3) is 0.273. The summed E-state index contributed by atoms with van der Waals surface area (Å²) in [5.41, 5.74) is 2.03. The Morgan fingerprint density at radius 2 is 1.62 bits per heavy atom. The summed E-state index contributed by atoms with van der Waals surface area (Å²) in [4.78, 5) is 25.9. The summed E-state index contributed by atoms with van der Waals surface area (Å²) < 4.78 is 57.0. The molecule has 3 aromatic heterocycles. The zero-order valence-electron chi connectivity index (χ0n) is 24.2. The Morgan fingerprint density at radius 3 is 2.31 bits per heavy atom. The highest BCUT2D eigenvalue weighted by Gasteiger charge is 2.47. The molecule has 3 saturated carbocycles. The quantitative estimate of drug-likeness (QED) is 0.215. The van der Waals surface area contributed by atoms with Gasteiger partial charge in [0.05, 0.1) is 22.7 Å². The predicted octanol–water partition coefficient (Wildman–Crippen LogP) is 6.29. The molecule has 230 valence electrons. The summed E-state index contributed by atoms with van der Waals surface area (Å²) in [6.07, 6.45) is 5.81. The normalized spacial score (nSPS) is 21.2. The monoisotopic (exact) mass is 629 g/mol. The topological polar surface area (TPSA) is 127 Å². The van der Waals surface area contributed by atoms with Gasteiger partial charge >= 0.3 is 5.97 Å². The minimum atomic E-state index is -4.15. The highest BCUT2D eigenvalue weighted by atomic mass is 32.2. The first-order chi connectivity index (χ1) is 21.6. The third kappa shape index (κ3) is 5.22. The van der Waals surface area contributed by atoms with E-state index < -0.39 is 33.5 Å². The Balaban J connectivity index is 1.40. The molecular formula is C33H29F2N5O4S. The third-order valence-electron chi connectivity index (χ3n) is 9.08. The van der Waals surface area contributed by atoms with Crippen molar-refractivity contribution >= 4 is 32.8 Å². The second-order valence-electron chi connectivity index (χ2n) is 11.9. The molecule has 9 nitrogen and oxygen atoms in total. The lowest BCUT2D eigenvalue weighted by molar-refractivity contribution is -0.148. The van der Waals surface area contributed by atoms with E-state index in [1.54, 1.807) is 30.3 Å². The second-order valence-corrected chi connectivity index (χ2v) is 13.7. The van der Waals surface area contributed by atoms with Crippen LogP contribution in [-0.4, -0.2) is 44.5 Å². The van der Waals surface area contributed by atoms with E-state index in [1.807, 2.05) is 6.92 Å². The maximum Gasteiger partial charge on any atom is 0.308 e. The molecule has 8 rings (SSSR count). The molecule has 12 heteroatoms. The summed E-state index contributed by atoms with van der Waals surface area (Å²) in [5.74, 6) is -1.96. The van der Waals surface area contributed by atoms with Crippen LogP contribution >= 0.6 is 0 Å². The van der Waals surface area contributed by atoms with Crippen molar-refractivity contribution in [3.8, 4) is 22.6 Å². The zero-order valence-corrected chi connectivity index (χ0v) is 25.0. The highest BCUT2D eigenvalue weighted by Crippen LogP contribution is 2.46. The highest BCUT2D eigenvalue weighted by molar-refractivity contribution is 7.90. The molecule has 2 atom stereocenters. The maximum atomic E-state index is 14.6. The second kappa shape index (κ2) is 11.0. The van der Waals surface area contributed by atoms with Crippen molar-refractivity contribution < 1.29 is 27.1 Å². The fourth-order valence-corrected chi connectivity index (χ4v) is 8.16. The van der Waals surface area contributed by atoms with Gasteiger partial charge in [0.2, 0.25) is 0 Å². The lowest BCUT2D eigenvalue weighted by atomic mass is 9.61. The van der Waals surface area contributed by atoms with E-state index in [0.717, 1.165) is 41.4 Å². The van der Waals surface area contributed by atoms with Crippen LogP contribution < -0.4 is 5.32 Å². The van der Waals surface area contributed by atoms with E-state index >= 15 is 0 Å². The van der Waals surface area contributed by atoms with Gasteiger partial charge in [-0.1, -0.05) is 17.7 Å². The van der Waals surface area contributed by atoms with Gasteiger partial charge in [0.1, 0.15) is 17.5 Å². The van der Waals surface area contributed by atoms with Gasteiger partial charge in [0, 0.05) is 34.8 Å². The molecule has 0 amide bonds. The molecule has 0 radical (unpaired) electrons. The van der Waals surface area contributed by atoms with E-state index in [0.29, 0.717) is 17.1 Å². The Morgan fingerprint density at radius 1 is 0.933 bits per heavy atom. The number of benzene rings is 2. The van der Waals surface area contributed by atoms with Crippen LogP contribution in [0.1, 0.15) is 31.2 Å². The van der Waals surface area contributed by atoms with Crippen LogP contribution in [0.3, 0.4) is 0 Å². The average Bonchev–Trinajstić information content (AvgIpc) is 3.41. The molecule has 2 aromatic carbocycles. The number of carboxylic acid groups (broad SMARTS) is 1. The molecule has 2 bridgehead atoms. The van der Waals surface area contributed by atoms with Crippen molar-refractivity contribution in [3.63, 3.8) is 0 Å². The van der Waals surface area contributed by atoms with Crippen molar-refractivity contribution in [2.75, 3.05) is 5.32 Å². The van der Waals surface area contributed by atoms with Gasteiger partial charge in [-0.15, -0.1) is 0 Å². The minimum absolute atomic E-state index is 0.00667.